The van der Waals surface area contributed by atoms with Crippen LogP contribution in [0.1, 0.15) is 163 Å². The zero-order chi connectivity index (χ0) is 38.0. The number of phenols is 2. The minimum absolute atomic E-state index is 0.0806. The third-order valence-electron chi connectivity index (χ3n) is 11.7. The average molecular weight is 731 g/mol. The van der Waals surface area contributed by atoms with Crippen LogP contribution in [0.2, 0.25) is 0 Å². The second kappa shape index (κ2) is 18.4. The molecule has 0 bridgehead atoms. The number of carbonyl (C=O) groups is 3. The van der Waals surface area contributed by atoms with Crippen LogP contribution in [0.3, 0.4) is 0 Å². The normalized spacial score (nSPS) is 19.9. The van der Waals surface area contributed by atoms with Crippen LogP contribution >= 0.6 is 0 Å². The first kappa shape index (κ1) is 38.8. The average Bonchev–Trinajstić information content (AvgIpc) is 3.19. The minimum Gasteiger partial charge on any atom is -0.507 e. The van der Waals surface area contributed by atoms with Crippen LogP contribution in [0.5, 0.6) is 23.0 Å². The van der Waals surface area contributed by atoms with Gasteiger partial charge in [-0.3, -0.25) is 4.79 Å². The highest BCUT2D eigenvalue weighted by molar-refractivity contribution is 6.12. The molecule has 0 aromatic heterocycles. The van der Waals surface area contributed by atoms with Crippen LogP contribution in [0.25, 0.3) is 0 Å². The highest BCUT2D eigenvalue weighted by atomic mass is 16.5. The summed E-state index contributed by atoms with van der Waals surface area (Å²) < 4.78 is 11.0. The fourth-order valence-corrected chi connectivity index (χ4v) is 8.45. The number of benzene rings is 4. The molecule has 0 amide bonds. The second-order valence-corrected chi connectivity index (χ2v) is 15.4. The topological polar surface area (TPSA) is 110 Å². The minimum atomic E-state index is -0.648. The lowest BCUT2D eigenvalue weighted by molar-refractivity contribution is 0.0724. The third-order valence-corrected chi connectivity index (χ3v) is 11.7. The van der Waals surface area contributed by atoms with E-state index in [1.54, 1.807) is 24.3 Å². The summed E-state index contributed by atoms with van der Waals surface area (Å²) in [6.45, 7) is 4.49. The number of carbonyl (C=O) groups excluding carboxylic acids is 3. The molecule has 2 aliphatic carbocycles. The monoisotopic (exact) mass is 730 g/mol. The summed E-state index contributed by atoms with van der Waals surface area (Å²) >= 11 is 0. The molecule has 0 spiro atoms. The molecule has 2 saturated carbocycles. The molecule has 0 atom stereocenters. The molecule has 284 valence electrons. The summed E-state index contributed by atoms with van der Waals surface area (Å²) in [4.78, 5) is 39.1. The molecule has 4 aromatic carbocycles. The number of esters is 2. The van der Waals surface area contributed by atoms with Crippen molar-refractivity contribution in [2.45, 2.75) is 116 Å². The van der Waals surface area contributed by atoms with Gasteiger partial charge in [0, 0.05) is 12.1 Å². The highest BCUT2D eigenvalue weighted by Gasteiger charge is 2.25. The first-order valence-corrected chi connectivity index (χ1v) is 20.1. The maximum atomic E-state index is 13.3. The summed E-state index contributed by atoms with van der Waals surface area (Å²) in [5, 5.41) is 21.5. The number of aromatic hydroxyl groups is 2. The molecular formula is C47H54O7. The number of unbranched alkanes of at least 4 members (excludes halogenated alkanes) is 2. The summed E-state index contributed by atoms with van der Waals surface area (Å²) in [6, 6.07) is 23.0. The molecule has 0 unspecified atom stereocenters. The van der Waals surface area contributed by atoms with E-state index in [9.17, 15) is 24.6 Å². The van der Waals surface area contributed by atoms with Crippen molar-refractivity contribution in [3.8, 4) is 23.0 Å². The number of hydrogen-bond donors (Lipinski definition) is 2. The number of phenolic OH excluding ortho intramolecular Hbond substituents is 2. The molecule has 7 nitrogen and oxygen atoms in total. The van der Waals surface area contributed by atoms with E-state index in [1.807, 2.05) is 24.3 Å². The Hall–Kier alpha value is -4.91. The van der Waals surface area contributed by atoms with Gasteiger partial charge in [0.15, 0.2) is 5.78 Å². The summed E-state index contributed by atoms with van der Waals surface area (Å²) in [5.41, 5.74) is 3.10. The van der Waals surface area contributed by atoms with Crippen LogP contribution in [0.15, 0.2) is 84.9 Å². The standard InChI is InChI=1S/C47H54O7/c1-3-5-6-8-32-11-15-34(16-12-32)36-19-23-38(24-20-36)47(52)54-40-26-28-42(44(49)30-40)45(50)41-27-25-39(29-43(41)48)53-46(51)37-21-17-35(18-22-37)33-13-9-31(7-4-2)10-14-33/h17-34,48-49H,3-16H2,1-2H3. The van der Waals surface area contributed by atoms with Gasteiger partial charge in [-0.2, -0.15) is 0 Å². The summed E-state index contributed by atoms with van der Waals surface area (Å²) in [6.07, 6.45) is 17.5. The Morgan fingerprint density at radius 3 is 1.35 bits per heavy atom. The Bertz CT molecular complexity index is 1880. The van der Waals surface area contributed by atoms with Gasteiger partial charge < -0.3 is 19.7 Å². The van der Waals surface area contributed by atoms with Crippen LogP contribution in [0, 0.1) is 11.8 Å². The van der Waals surface area contributed by atoms with Crippen molar-refractivity contribution >= 4 is 17.7 Å². The van der Waals surface area contributed by atoms with E-state index in [2.05, 4.69) is 13.8 Å². The number of hydrogen-bond acceptors (Lipinski definition) is 7. The molecule has 0 aliphatic heterocycles. The maximum absolute atomic E-state index is 13.3. The Morgan fingerprint density at radius 1 is 0.537 bits per heavy atom. The fraction of sp³-hybridized carbons (Fsp3) is 0.426. The molecule has 0 saturated heterocycles. The van der Waals surface area contributed by atoms with Crippen molar-refractivity contribution in [3.63, 3.8) is 0 Å². The van der Waals surface area contributed by atoms with E-state index in [-0.39, 0.29) is 22.6 Å². The highest BCUT2D eigenvalue weighted by Crippen LogP contribution is 2.39. The van der Waals surface area contributed by atoms with Crippen molar-refractivity contribution < 1.29 is 34.1 Å². The van der Waals surface area contributed by atoms with Crippen LogP contribution in [0.4, 0.5) is 0 Å². The number of ether oxygens (including phenoxy) is 2. The largest absolute Gasteiger partial charge is 0.507 e. The van der Waals surface area contributed by atoms with Crippen molar-refractivity contribution in [1.82, 2.24) is 0 Å². The lowest BCUT2D eigenvalue weighted by Crippen LogP contribution is -2.14. The van der Waals surface area contributed by atoms with E-state index in [4.69, 9.17) is 9.47 Å². The van der Waals surface area contributed by atoms with Gasteiger partial charge in [-0.05, 0) is 135 Å². The van der Waals surface area contributed by atoms with E-state index in [0.717, 1.165) is 11.8 Å². The first-order chi connectivity index (χ1) is 26.2. The molecule has 6 rings (SSSR count). The smallest absolute Gasteiger partial charge is 0.343 e. The van der Waals surface area contributed by atoms with Crippen molar-refractivity contribution in [1.29, 1.82) is 0 Å². The Labute approximate surface area is 319 Å². The predicted octanol–water partition coefficient (Wildman–Crippen LogP) is 11.7. The van der Waals surface area contributed by atoms with E-state index >= 15 is 0 Å². The quantitative estimate of drug-likeness (QED) is 0.0575. The zero-order valence-electron chi connectivity index (χ0n) is 31.7. The van der Waals surface area contributed by atoms with Crippen LogP contribution in [-0.4, -0.2) is 27.9 Å². The molecule has 2 aliphatic rings. The maximum Gasteiger partial charge on any atom is 0.343 e. The van der Waals surface area contributed by atoms with Gasteiger partial charge >= 0.3 is 11.9 Å². The van der Waals surface area contributed by atoms with Crippen LogP contribution in [-0.2, 0) is 0 Å². The number of ketones is 1. The van der Waals surface area contributed by atoms with Gasteiger partial charge in [0.25, 0.3) is 0 Å². The lowest BCUT2D eigenvalue weighted by atomic mass is 9.77. The SMILES string of the molecule is CCCCCC1CCC(c2ccc(C(=O)Oc3ccc(C(=O)c4ccc(OC(=O)c5ccc(C6CCC(CCC)CC6)cc5)cc4O)c(O)c3)cc2)CC1. The van der Waals surface area contributed by atoms with Gasteiger partial charge in [0.2, 0.25) is 0 Å². The van der Waals surface area contributed by atoms with Crippen molar-refractivity contribution in [3.05, 3.63) is 118 Å². The lowest BCUT2D eigenvalue weighted by Gasteiger charge is -2.29. The first-order valence-electron chi connectivity index (χ1n) is 20.1. The van der Waals surface area contributed by atoms with Gasteiger partial charge in [-0.25, -0.2) is 9.59 Å². The molecule has 54 heavy (non-hydrogen) atoms. The zero-order valence-corrected chi connectivity index (χ0v) is 31.7. The molecule has 0 heterocycles. The molecule has 2 N–H and O–H groups in total. The van der Waals surface area contributed by atoms with E-state index in [0.29, 0.717) is 23.0 Å². The summed E-state index contributed by atoms with van der Waals surface area (Å²) in [7, 11) is 0. The number of rotatable bonds is 14. The van der Waals surface area contributed by atoms with E-state index < -0.39 is 29.2 Å². The Balaban J connectivity index is 1.01. The molecule has 7 heteroatoms. The molecule has 2 fully saturated rings. The van der Waals surface area contributed by atoms with Gasteiger partial charge in [0.05, 0.1) is 22.3 Å². The van der Waals surface area contributed by atoms with Crippen molar-refractivity contribution in [2.75, 3.05) is 0 Å². The van der Waals surface area contributed by atoms with Gasteiger partial charge in [0.1, 0.15) is 23.0 Å². The van der Waals surface area contributed by atoms with Crippen LogP contribution < -0.4 is 9.47 Å². The second-order valence-electron chi connectivity index (χ2n) is 15.4. The van der Waals surface area contributed by atoms with Gasteiger partial charge in [-0.15, -0.1) is 0 Å². The molecule has 4 aromatic rings. The van der Waals surface area contributed by atoms with Crippen molar-refractivity contribution in [2.24, 2.45) is 11.8 Å². The Morgan fingerprint density at radius 2 is 0.963 bits per heavy atom. The van der Waals surface area contributed by atoms with Gasteiger partial charge in [-0.1, -0.05) is 76.6 Å². The summed E-state index contributed by atoms with van der Waals surface area (Å²) in [5.74, 6) is 0.258. The fourth-order valence-electron chi connectivity index (χ4n) is 8.45. The third kappa shape index (κ3) is 9.79. The molecular weight excluding hydrogens is 677 g/mol. The molecule has 0 radical (unpaired) electrons. The Kier molecular flexibility index (Phi) is 13.2. The predicted molar refractivity (Wildman–Crippen MR) is 211 cm³/mol. The van der Waals surface area contributed by atoms with E-state index in [1.165, 1.54) is 137 Å².